The third-order valence-corrected chi connectivity index (χ3v) is 17.7. The Bertz CT molecular complexity index is 3660. The van der Waals surface area contributed by atoms with Crippen molar-refractivity contribution >= 4 is 70.4 Å². The van der Waals surface area contributed by atoms with Crippen molar-refractivity contribution in [3.63, 3.8) is 0 Å². The number of alkyl halides is 2. The van der Waals surface area contributed by atoms with Crippen LogP contribution in [0.4, 0.5) is 30.5 Å². The van der Waals surface area contributed by atoms with Gasteiger partial charge in [0.05, 0.1) is 34.1 Å². The van der Waals surface area contributed by atoms with E-state index in [1.54, 1.807) is 80.9 Å². The molecule has 4 heterocycles. The smallest absolute Gasteiger partial charge is 0.355 e. The lowest BCUT2D eigenvalue weighted by molar-refractivity contribution is -0.142. The molecule has 0 bridgehead atoms. The van der Waals surface area contributed by atoms with Gasteiger partial charge in [0.15, 0.2) is 0 Å². The number of amides is 4. The Hall–Kier alpha value is -8.17. The number of nitrogens with two attached hydrogens (primary N) is 1. The van der Waals surface area contributed by atoms with Crippen LogP contribution < -0.4 is 35.9 Å². The summed E-state index contributed by atoms with van der Waals surface area (Å²) in [6, 6.07) is 25.5. The zero-order valence-corrected chi connectivity index (χ0v) is 51.3. The number of sulfonamides is 1. The first-order chi connectivity index (χ1) is 40.6. The van der Waals surface area contributed by atoms with Gasteiger partial charge in [-0.1, -0.05) is 95.0 Å². The average molecular weight is 1240 g/mol. The third-order valence-electron chi connectivity index (χ3n) is 14.1. The first-order valence-electron chi connectivity index (χ1n) is 27.5. The second-order valence-corrected chi connectivity index (χ2v) is 31.2. The van der Waals surface area contributed by atoms with Gasteiger partial charge in [-0.25, -0.2) is 27.5 Å². The van der Waals surface area contributed by atoms with Crippen LogP contribution >= 0.6 is 11.3 Å². The van der Waals surface area contributed by atoms with Crippen molar-refractivity contribution in [2.75, 3.05) is 23.2 Å². The number of carbonyl (C=O) groups is 4. The van der Waals surface area contributed by atoms with Crippen molar-refractivity contribution in [3.05, 3.63) is 154 Å². The minimum absolute atomic E-state index is 0.00247. The highest BCUT2D eigenvalue weighted by atomic mass is 32.2. The predicted molar refractivity (Wildman–Crippen MR) is 324 cm³/mol. The van der Waals surface area contributed by atoms with Crippen LogP contribution in [0.15, 0.2) is 115 Å². The fourth-order valence-corrected chi connectivity index (χ4v) is 11.4. The van der Waals surface area contributed by atoms with Crippen molar-refractivity contribution in [2.45, 2.75) is 117 Å². The lowest BCUT2D eigenvalue weighted by Crippen LogP contribution is -2.57. The fraction of sp³-hybridized carbons (Fsp3) is 0.350. The Morgan fingerprint density at radius 3 is 2.22 bits per heavy atom. The number of benzene rings is 4. The molecule has 4 atom stereocenters. The number of hydrogen-bond donors (Lipinski definition) is 6. The number of anilines is 3. The molecule has 1 aliphatic rings. The predicted octanol–water partition coefficient (Wildman–Crippen LogP) is 9.78. The van der Waals surface area contributed by atoms with Crippen LogP contribution in [0.3, 0.4) is 0 Å². The zero-order chi connectivity index (χ0) is 62.3. The van der Waals surface area contributed by atoms with E-state index in [2.05, 4.69) is 45.6 Å². The van der Waals surface area contributed by atoms with Crippen molar-refractivity contribution in [2.24, 2.45) is 11.1 Å². The number of aryl methyl sites for hydroxylation is 1. The summed E-state index contributed by atoms with van der Waals surface area (Å²) >= 11 is 1.55. The molecule has 3 aromatic heterocycles. The topological polar surface area (TPSA) is 271 Å². The molecule has 1 saturated heterocycles. The zero-order valence-electron chi connectivity index (χ0n) is 48.7. The number of aliphatic hydroxyl groups is 1. The summed E-state index contributed by atoms with van der Waals surface area (Å²) in [5.74, 6) is -6.22. The maximum atomic E-state index is 14.3. The molecule has 1 aliphatic heterocycles. The van der Waals surface area contributed by atoms with Crippen LogP contribution in [0.25, 0.3) is 21.7 Å². The summed E-state index contributed by atoms with van der Waals surface area (Å²) in [6.07, 6.45) is -0.310. The highest BCUT2D eigenvalue weighted by Crippen LogP contribution is 2.39. The third kappa shape index (κ3) is 16.2. The van der Waals surface area contributed by atoms with E-state index in [0.29, 0.717) is 23.5 Å². The van der Waals surface area contributed by atoms with Crippen LogP contribution in [0, 0.1) is 18.2 Å². The molecule has 20 nitrogen and oxygen atoms in total. The summed E-state index contributed by atoms with van der Waals surface area (Å²) in [5, 5.41) is 24.3. The second-order valence-electron chi connectivity index (χ2n) is 23.1. The number of aliphatic hydroxyl groups excluding tert-OH is 1. The van der Waals surface area contributed by atoms with Crippen molar-refractivity contribution in [1.29, 1.82) is 0 Å². The second kappa shape index (κ2) is 27.0. The number of carbonyl (C=O) groups excluding carboxylic acids is 4. The molecule has 8 rings (SSSR count). The average Bonchev–Trinajstić information content (AvgIpc) is 1.80. The Morgan fingerprint density at radius 2 is 1.60 bits per heavy atom. The number of β-amino-alcohol motifs (C(OH)–C–C–N with tert-alkyl or cyclic N) is 1. The lowest BCUT2D eigenvalue weighted by Gasteiger charge is -2.35. The highest BCUT2D eigenvalue weighted by molar-refractivity contribution is 7.93. The van der Waals surface area contributed by atoms with Crippen LogP contribution in [0.5, 0.6) is 11.5 Å². The Balaban J connectivity index is 0.935. The first-order valence-corrected chi connectivity index (χ1v) is 33.6. The molecule has 0 aliphatic carbocycles. The maximum absolute atomic E-state index is 14.3. The summed E-state index contributed by atoms with van der Waals surface area (Å²) < 4.78 is 87.2. The number of pyridine rings is 1. The number of rotatable bonds is 25. The molecule has 4 aromatic carbocycles. The van der Waals surface area contributed by atoms with Crippen molar-refractivity contribution in [3.8, 4) is 33.2 Å². The van der Waals surface area contributed by atoms with Gasteiger partial charge in [0.1, 0.15) is 71.7 Å². The molecule has 0 spiro atoms. The molecule has 1 fully saturated rings. The Morgan fingerprint density at radius 1 is 0.919 bits per heavy atom. The number of nitrogens with one attached hydrogen (secondary N) is 4. The Kier molecular flexibility index (Phi) is 20.1. The highest BCUT2D eigenvalue weighted by Gasteiger charge is 2.44. The summed E-state index contributed by atoms with van der Waals surface area (Å²) in [5.41, 5.74) is 11.0. The van der Waals surface area contributed by atoms with Crippen LogP contribution in [-0.4, -0.2) is 107 Å². The summed E-state index contributed by atoms with van der Waals surface area (Å²) in [6.45, 7) is 15.9. The number of halogens is 3. The van der Waals surface area contributed by atoms with E-state index in [1.807, 2.05) is 35.9 Å². The molecular formula is C60H69F3N10O10S2Si. The SMILES string of the molecule is Cc1ncsc1-c1ccc(CNC(=O)[C@@H]2C[C@@H](O)CN2C(=O)[C@@H](NC(=O)c2ccc(COc3ccc(Nc4c(C(N)=O)c(-c5ccc(NS(=O)(=O)C(F)F)c(O[C@@H](C)c6ccc(F)cc6)c5)nn4COCC[Si](C)(C)C)nc3)cc2)C(C)(C)C)cc1. The van der Waals surface area contributed by atoms with E-state index in [9.17, 15) is 45.9 Å². The largest absolute Gasteiger partial charge is 0.487 e. The number of thiazole rings is 1. The van der Waals surface area contributed by atoms with E-state index in [0.717, 1.165) is 27.7 Å². The number of ether oxygens (including phenoxy) is 3. The first kappa shape index (κ1) is 63.8. The van der Waals surface area contributed by atoms with E-state index >= 15 is 0 Å². The number of nitrogens with zero attached hydrogens (tertiary/aromatic N) is 5. The van der Waals surface area contributed by atoms with E-state index in [4.69, 9.17) is 25.0 Å². The van der Waals surface area contributed by atoms with Crippen LogP contribution in [0.2, 0.25) is 25.7 Å². The van der Waals surface area contributed by atoms with Gasteiger partial charge in [0.25, 0.3) is 21.8 Å². The number of primary amides is 1. The monoisotopic (exact) mass is 1240 g/mol. The molecule has 456 valence electrons. The van der Waals surface area contributed by atoms with Gasteiger partial charge in [0, 0.05) is 45.3 Å². The summed E-state index contributed by atoms with van der Waals surface area (Å²) in [7, 11) is -6.72. The number of hydrogen-bond acceptors (Lipinski definition) is 15. The number of aromatic nitrogens is 4. The van der Waals surface area contributed by atoms with Crippen LogP contribution in [-0.2, 0) is 44.2 Å². The number of likely N-dealkylation sites (tertiary alicyclic amines) is 1. The van der Waals surface area contributed by atoms with Gasteiger partial charge in [-0.05, 0) is 96.1 Å². The van der Waals surface area contributed by atoms with E-state index < -0.39 is 83.0 Å². The van der Waals surface area contributed by atoms with Gasteiger partial charge >= 0.3 is 5.76 Å². The van der Waals surface area contributed by atoms with E-state index in [1.165, 1.54) is 58.2 Å². The van der Waals surface area contributed by atoms with Crippen molar-refractivity contribution < 1.29 is 60.1 Å². The molecule has 7 N–H and O–H groups in total. The molecule has 26 heteroatoms. The molecule has 0 unspecified atom stereocenters. The molecule has 86 heavy (non-hydrogen) atoms. The molecule has 0 saturated carbocycles. The molecule has 7 aromatic rings. The Labute approximate surface area is 501 Å². The standard InChI is InChI=1S/C60H69F3N10O10S2Si/c1-35-52(84-33-67-35)40-13-9-37(10-14-40)29-66-57(77)47-28-44(74)31-72(47)58(78)53(60(3,4)5)69-56(76)41-15-11-38(12-16-41)32-82-45-22-24-49(65-30-45)68-55-50(54(64)75)51(70-73(55)34-81-25-26-86(6,7)8)42-19-23-46(71-85(79,80)59(62)63)48(27-42)83-36(2)39-17-20-43(61)21-18-39/h9-24,27,30,33,36,44,47,53,59,71,74H,25-26,28-29,31-32,34H2,1-8H3,(H2,64,75)(H,65,68)(H,66,77)(H,69,76)/t36-,44+,47-,53+/m0/s1. The minimum atomic E-state index is -5.18. The molecule has 0 radical (unpaired) electrons. The van der Waals surface area contributed by atoms with Gasteiger partial charge in [-0.15, -0.1) is 11.3 Å². The molecule has 4 amide bonds. The quantitative estimate of drug-likeness (QED) is 0.0230. The minimum Gasteiger partial charge on any atom is -0.487 e. The lowest BCUT2D eigenvalue weighted by atomic mass is 9.85. The maximum Gasteiger partial charge on any atom is 0.355 e. The summed E-state index contributed by atoms with van der Waals surface area (Å²) in [4.78, 5) is 66.4. The van der Waals surface area contributed by atoms with Gasteiger partial charge in [-0.2, -0.15) is 13.9 Å². The normalized spacial score (nSPS) is 15.2. The van der Waals surface area contributed by atoms with Gasteiger partial charge < -0.3 is 45.9 Å². The molecular weight excluding hydrogens is 1170 g/mol. The van der Waals surface area contributed by atoms with Gasteiger partial charge in [-0.3, -0.25) is 23.9 Å². The van der Waals surface area contributed by atoms with E-state index in [-0.39, 0.29) is 78.3 Å². The van der Waals surface area contributed by atoms with Gasteiger partial charge in [0.2, 0.25) is 11.8 Å². The van der Waals surface area contributed by atoms with Crippen LogP contribution in [0.1, 0.15) is 83.3 Å². The fourth-order valence-electron chi connectivity index (χ4n) is 9.26. The van der Waals surface area contributed by atoms with Crippen molar-refractivity contribution in [1.82, 2.24) is 35.3 Å².